The number of hydrogen-bond donors (Lipinski definition) is 1. The molecule has 0 saturated carbocycles. The lowest BCUT2D eigenvalue weighted by Gasteiger charge is -2.26. The van der Waals surface area contributed by atoms with Gasteiger partial charge in [-0.2, -0.15) is 0 Å². The van der Waals surface area contributed by atoms with Gasteiger partial charge in [0.2, 0.25) is 0 Å². The van der Waals surface area contributed by atoms with Gasteiger partial charge < -0.3 is 19.6 Å². The molecule has 1 N–H and O–H groups in total. The van der Waals surface area contributed by atoms with Crippen LogP contribution >= 0.6 is 0 Å². The number of benzene rings is 3. The maximum absolute atomic E-state index is 13.4. The lowest BCUT2D eigenvalue weighted by atomic mass is 9.95. The second-order valence-corrected chi connectivity index (χ2v) is 8.65. The van der Waals surface area contributed by atoms with E-state index in [0.717, 1.165) is 5.56 Å². The van der Waals surface area contributed by atoms with E-state index < -0.39 is 23.5 Å². The molecule has 0 aromatic heterocycles. The Balaban J connectivity index is 1.67. The number of halogens is 1. The van der Waals surface area contributed by atoms with E-state index in [1.807, 2.05) is 49.3 Å². The molecule has 180 valence electrons. The first-order valence-electron chi connectivity index (χ1n) is 11.3. The number of ether oxygens (including phenoxy) is 1. The van der Waals surface area contributed by atoms with Crippen molar-refractivity contribution in [3.05, 3.63) is 107 Å². The molecule has 3 aromatic carbocycles. The number of aliphatic hydroxyl groups excluding tert-OH is 1. The molecule has 6 nitrogen and oxygen atoms in total. The minimum absolute atomic E-state index is 0.0154. The van der Waals surface area contributed by atoms with Crippen molar-refractivity contribution in [3.63, 3.8) is 0 Å². The maximum atomic E-state index is 13.4. The van der Waals surface area contributed by atoms with Gasteiger partial charge in [0.1, 0.15) is 23.9 Å². The molecule has 35 heavy (non-hydrogen) atoms. The Bertz CT molecular complexity index is 1220. The third-order valence-electron chi connectivity index (χ3n) is 5.89. The summed E-state index contributed by atoms with van der Waals surface area (Å²) in [6.45, 7) is 1.25. The Hall–Kier alpha value is -3.97. The summed E-state index contributed by atoms with van der Waals surface area (Å²) in [5.74, 6) is -1.59. The molecule has 0 radical (unpaired) electrons. The minimum atomic E-state index is -0.775. The highest BCUT2D eigenvalue weighted by molar-refractivity contribution is 6.46. The van der Waals surface area contributed by atoms with Gasteiger partial charge in [0, 0.05) is 18.7 Å². The zero-order valence-electron chi connectivity index (χ0n) is 19.6. The van der Waals surface area contributed by atoms with Crippen LogP contribution < -0.4 is 4.74 Å². The van der Waals surface area contributed by atoms with Crippen LogP contribution in [0.15, 0.2) is 84.4 Å². The molecule has 1 amide bonds. The van der Waals surface area contributed by atoms with E-state index in [1.165, 1.54) is 29.2 Å². The van der Waals surface area contributed by atoms with Gasteiger partial charge in [-0.25, -0.2) is 4.39 Å². The lowest BCUT2D eigenvalue weighted by Crippen LogP contribution is -2.35. The molecule has 7 heteroatoms. The molecule has 1 aliphatic rings. The number of carbonyl (C=O) groups excluding carboxylic acids is 2. The molecule has 0 spiro atoms. The fraction of sp³-hybridized carbons (Fsp3) is 0.214. The van der Waals surface area contributed by atoms with Crippen LogP contribution in [0.2, 0.25) is 0 Å². The number of aliphatic hydroxyl groups is 1. The van der Waals surface area contributed by atoms with Crippen LogP contribution in [0.25, 0.3) is 5.76 Å². The monoisotopic (exact) mass is 474 g/mol. The zero-order valence-corrected chi connectivity index (χ0v) is 19.6. The summed E-state index contributed by atoms with van der Waals surface area (Å²) in [5.41, 5.74) is 1.95. The number of Topliss-reactive ketones (excluding diaryl/α,β-unsaturated/α-hetero) is 1. The predicted octanol–water partition coefficient (Wildman–Crippen LogP) is 4.39. The maximum Gasteiger partial charge on any atom is 0.295 e. The van der Waals surface area contributed by atoms with E-state index in [2.05, 4.69) is 0 Å². The van der Waals surface area contributed by atoms with Gasteiger partial charge in [-0.3, -0.25) is 9.59 Å². The van der Waals surface area contributed by atoms with Crippen LogP contribution in [0.5, 0.6) is 5.75 Å². The largest absolute Gasteiger partial charge is 0.507 e. The second kappa shape index (κ2) is 10.5. The minimum Gasteiger partial charge on any atom is -0.507 e. The van der Waals surface area contributed by atoms with Crippen molar-refractivity contribution in [3.8, 4) is 5.75 Å². The van der Waals surface area contributed by atoms with E-state index in [9.17, 15) is 19.1 Å². The first-order chi connectivity index (χ1) is 16.8. The fourth-order valence-electron chi connectivity index (χ4n) is 4.02. The van der Waals surface area contributed by atoms with Crippen molar-refractivity contribution in [1.29, 1.82) is 0 Å². The molecule has 1 aliphatic heterocycles. The summed E-state index contributed by atoms with van der Waals surface area (Å²) in [7, 11) is 3.76. The summed E-state index contributed by atoms with van der Waals surface area (Å²) in [6, 6.07) is 21.3. The Kier molecular flexibility index (Phi) is 7.27. The number of hydrogen-bond acceptors (Lipinski definition) is 5. The van der Waals surface area contributed by atoms with Gasteiger partial charge in [-0.15, -0.1) is 0 Å². The normalized spacial score (nSPS) is 17.3. The third kappa shape index (κ3) is 5.41. The number of carbonyl (C=O) groups is 2. The Labute approximate surface area is 203 Å². The highest BCUT2D eigenvalue weighted by Crippen LogP contribution is 2.39. The van der Waals surface area contributed by atoms with Crippen LogP contribution in [0.3, 0.4) is 0 Å². The molecule has 3 aromatic rings. The molecule has 1 atom stereocenters. The van der Waals surface area contributed by atoms with Gasteiger partial charge in [-0.1, -0.05) is 42.5 Å². The van der Waals surface area contributed by atoms with E-state index in [4.69, 9.17) is 4.74 Å². The van der Waals surface area contributed by atoms with Gasteiger partial charge in [0.25, 0.3) is 11.7 Å². The van der Waals surface area contributed by atoms with Crippen LogP contribution in [0, 0.1) is 5.82 Å². The van der Waals surface area contributed by atoms with Gasteiger partial charge >= 0.3 is 0 Å². The summed E-state index contributed by atoms with van der Waals surface area (Å²) < 4.78 is 19.3. The quantitative estimate of drug-likeness (QED) is 0.298. The molecule has 1 unspecified atom stereocenters. The third-order valence-corrected chi connectivity index (χ3v) is 5.89. The molecular weight excluding hydrogens is 447 g/mol. The average Bonchev–Trinajstić information content (AvgIpc) is 3.12. The first kappa shape index (κ1) is 24.2. The summed E-state index contributed by atoms with van der Waals surface area (Å²) in [6.07, 6.45) is 0. The van der Waals surface area contributed by atoms with Crippen LogP contribution in [-0.4, -0.2) is 53.8 Å². The Morgan fingerprint density at radius 2 is 1.63 bits per heavy atom. The highest BCUT2D eigenvalue weighted by Gasteiger charge is 2.45. The van der Waals surface area contributed by atoms with E-state index >= 15 is 0 Å². The van der Waals surface area contributed by atoms with Crippen molar-refractivity contribution in [2.75, 3.05) is 27.2 Å². The van der Waals surface area contributed by atoms with Crippen molar-refractivity contribution >= 4 is 17.4 Å². The molecule has 1 fully saturated rings. The topological polar surface area (TPSA) is 70.1 Å². The number of ketones is 1. The number of nitrogens with zero attached hydrogens (tertiary/aromatic N) is 2. The summed E-state index contributed by atoms with van der Waals surface area (Å²) in [5, 5.41) is 11.0. The summed E-state index contributed by atoms with van der Waals surface area (Å²) >= 11 is 0. The highest BCUT2D eigenvalue weighted by atomic mass is 19.1. The zero-order chi connectivity index (χ0) is 24.9. The number of amides is 1. The number of likely N-dealkylation sites (tertiary alicyclic amines) is 1. The van der Waals surface area contributed by atoms with E-state index in [0.29, 0.717) is 31.0 Å². The standard InChI is InChI=1S/C28H27FN2O4/c1-30(2)16-17-31-25(20-10-14-23(15-11-20)35-18-19-6-4-3-5-7-19)24(27(33)28(31)34)26(32)21-8-12-22(29)13-9-21/h3-15,25,32H,16-18H2,1-2H3/b26-24-. The molecule has 0 bridgehead atoms. The van der Waals surface area contributed by atoms with Crippen LogP contribution in [0.1, 0.15) is 22.7 Å². The van der Waals surface area contributed by atoms with Crippen LogP contribution in [0.4, 0.5) is 4.39 Å². The Morgan fingerprint density at radius 3 is 2.26 bits per heavy atom. The molecular formula is C28H27FN2O4. The van der Waals surface area contributed by atoms with Gasteiger partial charge in [0.15, 0.2) is 0 Å². The average molecular weight is 475 g/mol. The molecule has 1 heterocycles. The summed E-state index contributed by atoms with van der Waals surface area (Å²) in [4.78, 5) is 29.4. The number of rotatable bonds is 8. The molecule has 1 saturated heterocycles. The molecule has 4 rings (SSSR count). The van der Waals surface area contributed by atoms with Gasteiger partial charge in [-0.05, 0) is 61.6 Å². The molecule has 0 aliphatic carbocycles. The Morgan fingerprint density at radius 1 is 0.971 bits per heavy atom. The van der Waals surface area contributed by atoms with Crippen molar-refractivity contribution in [2.45, 2.75) is 12.6 Å². The van der Waals surface area contributed by atoms with E-state index in [1.54, 1.807) is 24.3 Å². The van der Waals surface area contributed by atoms with Gasteiger partial charge in [0.05, 0.1) is 11.6 Å². The van der Waals surface area contributed by atoms with Crippen LogP contribution in [-0.2, 0) is 16.2 Å². The first-order valence-corrected chi connectivity index (χ1v) is 11.3. The fourth-order valence-corrected chi connectivity index (χ4v) is 4.02. The lowest BCUT2D eigenvalue weighted by molar-refractivity contribution is -0.140. The van der Waals surface area contributed by atoms with Crippen molar-refractivity contribution in [1.82, 2.24) is 9.80 Å². The van der Waals surface area contributed by atoms with Crippen molar-refractivity contribution < 1.29 is 23.8 Å². The second-order valence-electron chi connectivity index (χ2n) is 8.65. The predicted molar refractivity (Wildman–Crippen MR) is 131 cm³/mol. The number of likely N-dealkylation sites (N-methyl/N-ethyl adjacent to an activating group) is 1. The van der Waals surface area contributed by atoms with E-state index in [-0.39, 0.29) is 16.9 Å². The smallest absolute Gasteiger partial charge is 0.295 e. The van der Waals surface area contributed by atoms with Crippen molar-refractivity contribution in [2.24, 2.45) is 0 Å². The SMILES string of the molecule is CN(C)CCN1C(=O)C(=O)/C(=C(\O)c2ccc(F)cc2)C1c1ccc(OCc2ccccc2)cc1.